The van der Waals surface area contributed by atoms with E-state index in [0.717, 1.165) is 56.4 Å². The first-order chi connectivity index (χ1) is 12.6. The van der Waals surface area contributed by atoms with E-state index in [1.165, 1.54) is 38.6 Å². The van der Waals surface area contributed by atoms with Crippen LogP contribution in [0.3, 0.4) is 0 Å². The SMILES string of the molecule is CCCCNC(=NCC(=O)N(C)C)N1CCC2C(CCCN2C2CC2)C1.I. The van der Waals surface area contributed by atoms with Crippen LogP contribution >= 0.6 is 24.0 Å². The first-order valence-corrected chi connectivity index (χ1v) is 10.6. The number of nitrogens with zero attached hydrogens (tertiary/aromatic N) is 4. The van der Waals surface area contributed by atoms with E-state index in [9.17, 15) is 4.79 Å². The minimum Gasteiger partial charge on any atom is -0.356 e. The van der Waals surface area contributed by atoms with Crippen molar-refractivity contribution in [3.63, 3.8) is 0 Å². The van der Waals surface area contributed by atoms with Gasteiger partial charge in [0.1, 0.15) is 6.54 Å². The molecule has 0 aromatic carbocycles. The number of carbonyl (C=O) groups is 1. The van der Waals surface area contributed by atoms with Gasteiger partial charge in [-0.05, 0) is 51.0 Å². The third-order valence-electron chi connectivity index (χ3n) is 6.10. The fraction of sp³-hybridized carbons (Fsp3) is 0.900. The Labute approximate surface area is 182 Å². The highest BCUT2D eigenvalue weighted by Crippen LogP contribution is 2.38. The van der Waals surface area contributed by atoms with Crippen molar-refractivity contribution in [2.24, 2.45) is 10.9 Å². The zero-order valence-corrected chi connectivity index (χ0v) is 19.7. The minimum atomic E-state index is 0. The third-order valence-corrected chi connectivity index (χ3v) is 6.10. The average Bonchev–Trinajstić information content (AvgIpc) is 3.48. The Bertz CT molecular complexity index is 509. The Balaban J connectivity index is 0.00000261. The second kappa shape index (κ2) is 10.8. The monoisotopic (exact) mass is 491 g/mol. The van der Waals surface area contributed by atoms with Gasteiger partial charge < -0.3 is 15.1 Å². The summed E-state index contributed by atoms with van der Waals surface area (Å²) in [6.45, 7) is 6.82. The van der Waals surface area contributed by atoms with E-state index < -0.39 is 0 Å². The summed E-state index contributed by atoms with van der Waals surface area (Å²) in [6, 6.07) is 1.65. The molecule has 0 aromatic heterocycles. The van der Waals surface area contributed by atoms with Crippen LogP contribution in [0.1, 0.15) is 51.9 Å². The molecule has 2 saturated heterocycles. The summed E-state index contributed by atoms with van der Waals surface area (Å²) in [5, 5.41) is 3.52. The number of likely N-dealkylation sites (tertiary alicyclic amines) is 2. The van der Waals surface area contributed by atoms with Gasteiger partial charge in [-0.15, -0.1) is 24.0 Å². The molecule has 2 aliphatic heterocycles. The lowest BCUT2D eigenvalue weighted by Crippen LogP contribution is -2.57. The lowest BCUT2D eigenvalue weighted by molar-refractivity contribution is -0.127. The predicted octanol–water partition coefficient (Wildman–Crippen LogP) is 2.39. The van der Waals surface area contributed by atoms with Crippen molar-refractivity contribution >= 4 is 35.8 Å². The maximum absolute atomic E-state index is 12.0. The van der Waals surface area contributed by atoms with Crippen LogP contribution in [-0.2, 0) is 4.79 Å². The molecule has 3 fully saturated rings. The number of hydrogen-bond acceptors (Lipinski definition) is 3. The topological polar surface area (TPSA) is 51.2 Å². The molecule has 0 radical (unpaired) electrons. The van der Waals surface area contributed by atoms with E-state index in [-0.39, 0.29) is 36.4 Å². The van der Waals surface area contributed by atoms with Crippen LogP contribution in [0.2, 0.25) is 0 Å². The number of unbranched alkanes of at least 4 members (excludes halogenated alkanes) is 1. The summed E-state index contributed by atoms with van der Waals surface area (Å²) in [7, 11) is 3.59. The molecule has 2 unspecified atom stereocenters. The van der Waals surface area contributed by atoms with Crippen LogP contribution < -0.4 is 5.32 Å². The number of halogens is 1. The number of piperidine rings is 2. The summed E-state index contributed by atoms with van der Waals surface area (Å²) in [5.74, 6) is 1.75. The fourth-order valence-corrected chi connectivity index (χ4v) is 4.42. The lowest BCUT2D eigenvalue weighted by Gasteiger charge is -2.48. The van der Waals surface area contributed by atoms with Crippen molar-refractivity contribution < 1.29 is 4.79 Å². The van der Waals surface area contributed by atoms with Crippen LogP contribution in [-0.4, -0.2) is 85.5 Å². The number of carbonyl (C=O) groups excluding carboxylic acids is 1. The van der Waals surface area contributed by atoms with Gasteiger partial charge in [0.15, 0.2) is 5.96 Å². The number of rotatable bonds is 6. The van der Waals surface area contributed by atoms with E-state index in [1.54, 1.807) is 19.0 Å². The van der Waals surface area contributed by atoms with Crippen molar-refractivity contribution in [3.8, 4) is 0 Å². The molecule has 1 amide bonds. The van der Waals surface area contributed by atoms with Crippen LogP contribution in [0.25, 0.3) is 0 Å². The second-order valence-electron chi connectivity index (χ2n) is 8.38. The van der Waals surface area contributed by atoms with Gasteiger partial charge in [0.25, 0.3) is 0 Å². The number of amides is 1. The zero-order chi connectivity index (χ0) is 18.5. The molecule has 156 valence electrons. The highest BCUT2D eigenvalue weighted by atomic mass is 127. The standard InChI is InChI=1S/C20H37N5O.HI/c1-4-5-11-21-20(22-14-19(26)23(2)3)24-13-10-18-16(15-24)7-6-12-25(18)17-8-9-17;/h16-18H,4-15H2,1-3H3,(H,21,22);1H. The van der Waals surface area contributed by atoms with Crippen LogP contribution in [0.5, 0.6) is 0 Å². The Morgan fingerprint density at radius 2 is 1.96 bits per heavy atom. The molecule has 1 aliphatic carbocycles. The van der Waals surface area contributed by atoms with E-state index in [0.29, 0.717) is 0 Å². The Kier molecular flexibility index (Phi) is 9.11. The molecule has 1 N–H and O–H groups in total. The smallest absolute Gasteiger partial charge is 0.243 e. The average molecular weight is 491 g/mol. The third kappa shape index (κ3) is 6.21. The van der Waals surface area contributed by atoms with E-state index >= 15 is 0 Å². The lowest BCUT2D eigenvalue weighted by atomic mass is 9.83. The van der Waals surface area contributed by atoms with Crippen LogP contribution in [0.4, 0.5) is 0 Å². The van der Waals surface area contributed by atoms with Crippen LogP contribution in [0.15, 0.2) is 4.99 Å². The number of aliphatic imine (C=N–C) groups is 1. The van der Waals surface area contributed by atoms with Crippen molar-refractivity contribution in [1.29, 1.82) is 0 Å². The van der Waals surface area contributed by atoms with Crippen molar-refractivity contribution in [2.45, 2.75) is 64.0 Å². The van der Waals surface area contributed by atoms with Gasteiger partial charge in [-0.1, -0.05) is 13.3 Å². The summed E-state index contributed by atoms with van der Waals surface area (Å²) >= 11 is 0. The number of guanidine groups is 1. The maximum atomic E-state index is 12.0. The summed E-state index contributed by atoms with van der Waals surface area (Å²) in [4.78, 5) is 23.5. The molecule has 0 spiro atoms. The van der Waals surface area contributed by atoms with Gasteiger partial charge in [0.2, 0.25) is 5.91 Å². The molecule has 0 bridgehead atoms. The Morgan fingerprint density at radius 3 is 2.63 bits per heavy atom. The fourth-order valence-electron chi connectivity index (χ4n) is 4.42. The molecule has 0 aromatic rings. The van der Waals surface area contributed by atoms with E-state index in [1.807, 2.05) is 0 Å². The molecule has 2 atom stereocenters. The van der Waals surface area contributed by atoms with Gasteiger partial charge >= 0.3 is 0 Å². The number of hydrogen-bond donors (Lipinski definition) is 1. The number of fused-ring (bicyclic) bond motifs is 1. The van der Waals surface area contributed by atoms with Gasteiger partial charge in [0.05, 0.1) is 0 Å². The largest absolute Gasteiger partial charge is 0.356 e. The molecular weight excluding hydrogens is 453 g/mol. The van der Waals surface area contributed by atoms with Gasteiger partial charge in [-0.2, -0.15) is 0 Å². The zero-order valence-electron chi connectivity index (χ0n) is 17.3. The molecule has 27 heavy (non-hydrogen) atoms. The van der Waals surface area contributed by atoms with Crippen molar-refractivity contribution in [2.75, 3.05) is 46.8 Å². The molecule has 1 saturated carbocycles. The maximum Gasteiger partial charge on any atom is 0.243 e. The molecule has 3 rings (SSSR count). The summed E-state index contributed by atoms with van der Waals surface area (Å²) < 4.78 is 0. The van der Waals surface area contributed by atoms with Gasteiger partial charge in [0, 0.05) is 45.8 Å². The summed E-state index contributed by atoms with van der Waals surface area (Å²) in [6.07, 6.45) is 9.02. The Morgan fingerprint density at radius 1 is 1.19 bits per heavy atom. The van der Waals surface area contributed by atoms with E-state index in [2.05, 4.69) is 27.0 Å². The Hall–Kier alpha value is -0.570. The molecule has 6 nitrogen and oxygen atoms in total. The molecule has 3 aliphatic rings. The predicted molar refractivity (Wildman–Crippen MR) is 122 cm³/mol. The normalized spacial score (nSPS) is 26.2. The minimum absolute atomic E-state index is 0. The second-order valence-corrected chi connectivity index (χ2v) is 8.38. The molecule has 7 heteroatoms. The van der Waals surface area contributed by atoms with Crippen LogP contribution in [0, 0.1) is 5.92 Å². The first-order valence-electron chi connectivity index (χ1n) is 10.6. The van der Waals surface area contributed by atoms with Crippen molar-refractivity contribution in [3.05, 3.63) is 0 Å². The van der Waals surface area contributed by atoms with E-state index in [4.69, 9.17) is 0 Å². The highest BCUT2D eigenvalue weighted by Gasteiger charge is 2.42. The first kappa shape index (κ1) is 22.7. The summed E-state index contributed by atoms with van der Waals surface area (Å²) in [5.41, 5.74) is 0. The quantitative estimate of drug-likeness (QED) is 0.268. The van der Waals surface area contributed by atoms with Gasteiger partial charge in [-0.25, -0.2) is 4.99 Å². The number of likely N-dealkylation sites (N-methyl/N-ethyl adjacent to an activating group) is 1. The van der Waals surface area contributed by atoms with Gasteiger partial charge in [-0.3, -0.25) is 9.69 Å². The number of nitrogens with one attached hydrogen (secondary N) is 1. The molecule has 2 heterocycles. The molecular formula is C20H38IN5O. The highest BCUT2D eigenvalue weighted by molar-refractivity contribution is 14.0. The van der Waals surface area contributed by atoms with Crippen molar-refractivity contribution in [1.82, 2.24) is 20.0 Å².